The summed E-state index contributed by atoms with van der Waals surface area (Å²) < 4.78 is 4.46. The zero-order valence-corrected chi connectivity index (χ0v) is 34.0. The maximum Gasteiger partial charge on any atom is 0.158 e. The highest BCUT2D eigenvalue weighted by molar-refractivity contribution is 8.04. The maximum atomic E-state index is 5.40. The zero-order chi connectivity index (χ0) is 39.0. The minimum absolute atomic E-state index is 0.740. The molecule has 0 unspecified atom stereocenters. The summed E-state index contributed by atoms with van der Waals surface area (Å²) in [7, 11) is 4.29. The van der Waals surface area contributed by atoms with Crippen LogP contribution in [0, 0.1) is 0 Å². The zero-order valence-electron chi connectivity index (χ0n) is 32.4. The Bertz CT molecular complexity index is 2850. The molecule has 0 radical (unpaired) electrons. The first-order valence-corrected chi connectivity index (χ1v) is 21.2. The van der Waals surface area contributed by atoms with Crippen LogP contribution in [0.2, 0.25) is 0 Å². The molecule has 10 heteroatoms. The summed E-state index contributed by atoms with van der Waals surface area (Å²) >= 11 is 3.61. The lowest BCUT2D eigenvalue weighted by Gasteiger charge is -2.31. The van der Waals surface area contributed by atoms with Crippen molar-refractivity contribution in [3.63, 3.8) is 0 Å². The molecule has 58 heavy (non-hydrogen) atoms. The standard InChI is InChI=1S/C48H42N8S2/c1-51-41-21-11-13-23-43(41)57-47(51)32-35-25-26-55(37-15-5-3-6-16-37)45(31-35)49-53-27-29-54(30-28-53)50-46-33-36(34-48-52(2)42-22-12-14-24-44(42)58-48)39-19-9-10-20-40(39)56(46)38-17-7-4-8-18-38/h3-26,31-34H,27-30H2,1-2H3/b47-32+,48-34+,49-45-,50-46-. The molecule has 1 saturated heterocycles. The van der Waals surface area contributed by atoms with Crippen molar-refractivity contribution in [1.82, 2.24) is 19.2 Å². The second-order valence-corrected chi connectivity index (χ2v) is 16.6. The number of pyridine rings is 2. The fourth-order valence-corrected chi connectivity index (χ4v) is 9.99. The van der Waals surface area contributed by atoms with E-state index < -0.39 is 0 Å². The summed E-state index contributed by atoms with van der Waals surface area (Å²) in [6.45, 7) is 2.97. The number of nitrogens with zero attached hydrogens (tertiary/aromatic N) is 8. The van der Waals surface area contributed by atoms with E-state index in [9.17, 15) is 0 Å². The molecule has 10 rings (SSSR count). The maximum absolute atomic E-state index is 5.40. The number of thioether (sulfide) groups is 2. The molecule has 5 aromatic carbocycles. The van der Waals surface area contributed by atoms with E-state index in [1.165, 1.54) is 36.6 Å². The van der Waals surface area contributed by atoms with Crippen LogP contribution < -0.4 is 20.8 Å². The van der Waals surface area contributed by atoms with Gasteiger partial charge in [-0.15, -0.1) is 0 Å². The first-order valence-electron chi connectivity index (χ1n) is 19.6. The van der Waals surface area contributed by atoms with Gasteiger partial charge in [0, 0.05) is 46.8 Å². The fraction of sp³-hybridized carbons (Fsp3) is 0.125. The van der Waals surface area contributed by atoms with Gasteiger partial charge in [-0.05, 0) is 96.1 Å². The van der Waals surface area contributed by atoms with E-state index in [0.29, 0.717) is 0 Å². The number of hydrogen-bond acceptors (Lipinski definition) is 8. The molecule has 0 spiro atoms. The summed E-state index contributed by atoms with van der Waals surface area (Å²) in [6.07, 6.45) is 6.70. The van der Waals surface area contributed by atoms with Crippen molar-refractivity contribution in [2.75, 3.05) is 50.1 Å². The van der Waals surface area contributed by atoms with Gasteiger partial charge in [0.2, 0.25) is 0 Å². The number of hydrogen-bond donors (Lipinski definition) is 0. The molecule has 0 saturated carbocycles. The number of benzene rings is 5. The monoisotopic (exact) mass is 794 g/mol. The smallest absolute Gasteiger partial charge is 0.158 e. The molecule has 0 atom stereocenters. The van der Waals surface area contributed by atoms with Crippen molar-refractivity contribution in [2.24, 2.45) is 10.2 Å². The number of anilines is 2. The van der Waals surface area contributed by atoms with E-state index in [1.54, 1.807) is 11.8 Å². The van der Waals surface area contributed by atoms with E-state index in [-0.39, 0.29) is 0 Å². The highest BCUT2D eigenvalue weighted by atomic mass is 32.2. The quantitative estimate of drug-likeness (QED) is 0.167. The number of para-hydroxylation sites is 5. The average Bonchev–Trinajstić information content (AvgIpc) is 3.76. The van der Waals surface area contributed by atoms with Gasteiger partial charge in [-0.2, -0.15) is 10.2 Å². The molecule has 8 nitrogen and oxygen atoms in total. The third-order valence-electron chi connectivity index (χ3n) is 10.8. The second-order valence-electron chi connectivity index (χ2n) is 14.5. The Labute approximate surface area is 347 Å². The molecule has 1 fully saturated rings. The number of fused-ring (bicyclic) bond motifs is 3. The topological polar surface area (TPSA) is 47.5 Å². The van der Waals surface area contributed by atoms with Gasteiger partial charge in [0.05, 0.1) is 53.1 Å². The highest BCUT2D eigenvalue weighted by Crippen LogP contribution is 2.46. The SMILES string of the molecule is CN1/C(=C\c2ccn(-c3ccccc3)/c(=N\N3CCN(/N=c4/cc(/C=C5/Sc6ccccc6N5C)c5ccccc5n4-c4ccccc4)CC3)c2)Sc2ccccc21. The third-order valence-corrected chi connectivity index (χ3v) is 13.1. The Morgan fingerprint density at radius 1 is 0.517 bits per heavy atom. The van der Waals surface area contributed by atoms with Gasteiger partial charge in [0.15, 0.2) is 11.0 Å². The van der Waals surface area contributed by atoms with Crippen LogP contribution in [0.3, 0.4) is 0 Å². The average molecular weight is 795 g/mol. The van der Waals surface area contributed by atoms with Crippen LogP contribution in [0.4, 0.5) is 11.4 Å². The Hall–Kier alpha value is -6.36. The predicted octanol–water partition coefficient (Wildman–Crippen LogP) is 9.45. The summed E-state index contributed by atoms with van der Waals surface area (Å²) in [6, 6.07) is 53.5. The Kier molecular flexibility index (Phi) is 9.64. The van der Waals surface area contributed by atoms with Gasteiger partial charge < -0.3 is 14.4 Å². The molecule has 2 aromatic heterocycles. The predicted molar refractivity (Wildman–Crippen MR) is 241 cm³/mol. The molecule has 0 amide bonds. The second kappa shape index (κ2) is 15.5. The molecular formula is C48H42N8S2. The molecule has 7 aromatic rings. The number of rotatable bonds is 6. The lowest BCUT2D eigenvalue weighted by atomic mass is 10.1. The van der Waals surface area contributed by atoms with Gasteiger partial charge >= 0.3 is 0 Å². The molecule has 3 aliphatic rings. The van der Waals surface area contributed by atoms with Crippen LogP contribution in [-0.4, -0.2) is 59.4 Å². The lowest BCUT2D eigenvalue weighted by molar-refractivity contribution is 0.130. The summed E-state index contributed by atoms with van der Waals surface area (Å²) in [5.41, 5.74) is 9.78. The molecular weight excluding hydrogens is 753 g/mol. The minimum Gasteiger partial charge on any atom is -0.338 e. The van der Waals surface area contributed by atoms with Gasteiger partial charge in [-0.3, -0.25) is 14.6 Å². The van der Waals surface area contributed by atoms with Crippen molar-refractivity contribution in [1.29, 1.82) is 0 Å². The van der Waals surface area contributed by atoms with Gasteiger partial charge in [0.25, 0.3) is 0 Å². The number of piperazine rings is 1. The van der Waals surface area contributed by atoms with Crippen LogP contribution in [0.25, 0.3) is 34.4 Å². The van der Waals surface area contributed by atoms with Crippen molar-refractivity contribution >= 4 is 58.0 Å². The van der Waals surface area contributed by atoms with Crippen molar-refractivity contribution in [2.45, 2.75) is 9.79 Å². The third kappa shape index (κ3) is 6.99. The normalized spacial score (nSPS) is 17.2. The van der Waals surface area contributed by atoms with Crippen LogP contribution in [-0.2, 0) is 0 Å². The summed E-state index contributed by atoms with van der Waals surface area (Å²) in [5, 5.41) is 18.6. The largest absolute Gasteiger partial charge is 0.338 e. The molecule has 286 valence electrons. The van der Waals surface area contributed by atoms with E-state index in [2.05, 4.69) is 213 Å². The Balaban J connectivity index is 0.990. The molecule has 5 heterocycles. The van der Waals surface area contributed by atoms with Gasteiger partial charge in [-0.25, -0.2) is 0 Å². The highest BCUT2D eigenvalue weighted by Gasteiger charge is 2.23. The molecule has 0 aliphatic carbocycles. The van der Waals surface area contributed by atoms with Gasteiger partial charge in [-0.1, -0.05) is 102 Å². The van der Waals surface area contributed by atoms with E-state index >= 15 is 0 Å². The Morgan fingerprint density at radius 2 is 1.05 bits per heavy atom. The Morgan fingerprint density at radius 3 is 1.69 bits per heavy atom. The van der Waals surface area contributed by atoms with E-state index in [4.69, 9.17) is 10.2 Å². The van der Waals surface area contributed by atoms with Crippen LogP contribution in [0.15, 0.2) is 188 Å². The van der Waals surface area contributed by atoms with Crippen LogP contribution in [0.5, 0.6) is 0 Å². The molecule has 3 aliphatic heterocycles. The van der Waals surface area contributed by atoms with Crippen molar-refractivity contribution < 1.29 is 0 Å². The summed E-state index contributed by atoms with van der Waals surface area (Å²) in [5.74, 6) is 0. The first kappa shape index (κ1) is 36.0. The fourth-order valence-electron chi connectivity index (χ4n) is 7.78. The van der Waals surface area contributed by atoms with Gasteiger partial charge in [0.1, 0.15) is 0 Å². The van der Waals surface area contributed by atoms with E-state index in [0.717, 1.165) is 65.2 Å². The van der Waals surface area contributed by atoms with E-state index in [1.807, 2.05) is 11.8 Å². The van der Waals surface area contributed by atoms with Crippen LogP contribution in [0.1, 0.15) is 11.1 Å². The minimum atomic E-state index is 0.740. The molecule has 0 bridgehead atoms. The van der Waals surface area contributed by atoms with Crippen molar-refractivity contribution in [3.8, 4) is 11.4 Å². The summed E-state index contributed by atoms with van der Waals surface area (Å²) in [4.78, 5) is 7.09. The lowest BCUT2D eigenvalue weighted by Crippen LogP contribution is -2.44. The van der Waals surface area contributed by atoms with Crippen LogP contribution >= 0.6 is 23.5 Å². The molecule has 0 N–H and O–H groups in total. The first-order chi connectivity index (χ1) is 28.6. The number of aromatic nitrogens is 2. The van der Waals surface area contributed by atoms with Crippen molar-refractivity contribution in [3.05, 3.63) is 190 Å².